The van der Waals surface area contributed by atoms with E-state index in [0.717, 1.165) is 11.1 Å². The third-order valence-corrected chi connectivity index (χ3v) is 4.04. The molecule has 2 N–H and O–H groups in total. The summed E-state index contributed by atoms with van der Waals surface area (Å²) in [4.78, 5) is 28.1. The van der Waals surface area contributed by atoms with Gasteiger partial charge in [0.15, 0.2) is 0 Å². The molecule has 2 heterocycles. The highest BCUT2D eigenvalue weighted by Crippen LogP contribution is 2.29. The van der Waals surface area contributed by atoms with Crippen molar-refractivity contribution in [1.29, 1.82) is 5.26 Å². The fraction of sp³-hybridized carbons (Fsp3) is 0.222. The van der Waals surface area contributed by atoms with Crippen LogP contribution in [0.25, 0.3) is 0 Å². The maximum absolute atomic E-state index is 12.6. The molecule has 0 atom stereocenters. The van der Waals surface area contributed by atoms with Crippen molar-refractivity contribution >= 4 is 23.2 Å². The van der Waals surface area contributed by atoms with Crippen molar-refractivity contribution in [2.45, 2.75) is 26.2 Å². The second-order valence-corrected chi connectivity index (χ2v) is 5.56. The van der Waals surface area contributed by atoms with Gasteiger partial charge in [0.25, 0.3) is 5.91 Å². The quantitative estimate of drug-likeness (QED) is 0.909. The van der Waals surface area contributed by atoms with Gasteiger partial charge >= 0.3 is 0 Å². The number of nitrogens with zero attached hydrogens (tertiary/aromatic N) is 2. The highest BCUT2D eigenvalue weighted by atomic mass is 16.2. The number of aryl methyl sites for hydroxylation is 2. The molecule has 2 aromatic rings. The normalized spacial score (nSPS) is 12.8. The van der Waals surface area contributed by atoms with Crippen LogP contribution in [0.3, 0.4) is 0 Å². The number of fused-ring (bicyclic) bond motifs is 1. The van der Waals surface area contributed by atoms with Gasteiger partial charge in [0, 0.05) is 30.1 Å². The van der Waals surface area contributed by atoms with E-state index in [0.29, 0.717) is 41.8 Å². The number of amides is 2. The minimum Gasteiger partial charge on any atom is -0.326 e. The van der Waals surface area contributed by atoms with E-state index in [2.05, 4.69) is 21.7 Å². The van der Waals surface area contributed by atoms with Crippen molar-refractivity contribution in [2.24, 2.45) is 0 Å². The van der Waals surface area contributed by atoms with Crippen molar-refractivity contribution in [3.63, 3.8) is 0 Å². The number of pyridine rings is 1. The SMILES string of the molecule is CCc1cnccc1C(=O)Nc1cc2c(cc1C#N)NC(=O)CC2. The number of hydrogen-bond acceptors (Lipinski definition) is 4. The Balaban J connectivity index is 1.94. The number of nitriles is 1. The lowest BCUT2D eigenvalue weighted by molar-refractivity contribution is -0.116. The Bertz CT molecular complexity index is 868. The van der Waals surface area contributed by atoms with Crippen molar-refractivity contribution in [3.05, 3.63) is 52.8 Å². The summed E-state index contributed by atoms with van der Waals surface area (Å²) >= 11 is 0. The molecule has 1 aromatic carbocycles. The summed E-state index contributed by atoms with van der Waals surface area (Å²) in [5.74, 6) is -0.335. The summed E-state index contributed by atoms with van der Waals surface area (Å²) in [7, 11) is 0. The number of aromatic nitrogens is 1. The third-order valence-electron chi connectivity index (χ3n) is 4.04. The second-order valence-electron chi connectivity index (χ2n) is 5.56. The minimum atomic E-state index is -0.273. The van der Waals surface area contributed by atoms with Crippen LogP contribution in [0.1, 0.15) is 40.4 Å². The summed E-state index contributed by atoms with van der Waals surface area (Å²) in [6.45, 7) is 1.95. The number of carbonyl (C=O) groups excluding carboxylic acids is 2. The van der Waals surface area contributed by atoms with Crippen LogP contribution >= 0.6 is 0 Å². The molecule has 0 saturated heterocycles. The van der Waals surface area contributed by atoms with Crippen molar-refractivity contribution in [2.75, 3.05) is 10.6 Å². The molecule has 0 saturated carbocycles. The summed E-state index contributed by atoms with van der Waals surface area (Å²) < 4.78 is 0. The molecule has 1 aliphatic rings. The van der Waals surface area contributed by atoms with Gasteiger partial charge in [-0.3, -0.25) is 14.6 Å². The van der Waals surface area contributed by atoms with Crippen LogP contribution in [-0.4, -0.2) is 16.8 Å². The molecular weight excluding hydrogens is 304 g/mol. The summed E-state index contributed by atoms with van der Waals surface area (Å²) in [6, 6.07) is 7.10. The predicted molar refractivity (Wildman–Crippen MR) is 89.7 cm³/mol. The first kappa shape index (κ1) is 15.7. The zero-order chi connectivity index (χ0) is 17.1. The minimum absolute atomic E-state index is 0.0625. The average Bonchev–Trinajstić information content (AvgIpc) is 2.61. The van der Waals surface area contributed by atoms with Gasteiger partial charge in [-0.05, 0) is 42.2 Å². The van der Waals surface area contributed by atoms with Crippen LogP contribution in [0.5, 0.6) is 0 Å². The summed E-state index contributed by atoms with van der Waals surface area (Å²) in [6.07, 6.45) is 4.92. The number of nitrogens with one attached hydrogen (secondary N) is 2. The molecule has 2 amide bonds. The molecule has 0 aliphatic carbocycles. The predicted octanol–water partition coefficient (Wildman–Crippen LogP) is 2.65. The van der Waals surface area contributed by atoms with Crippen LogP contribution in [0.2, 0.25) is 0 Å². The van der Waals surface area contributed by atoms with E-state index in [1.54, 1.807) is 30.6 Å². The first-order chi connectivity index (χ1) is 11.6. The molecule has 24 heavy (non-hydrogen) atoms. The zero-order valence-electron chi connectivity index (χ0n) is 13.2. The number of hydrogen-bond donors (Lipinski definition) is 2. The van der Waals surface area contributed by atoms with Gasteiger partial charge in [0.05, 0.1) is 11.3 Å². The highest BCUT2D eigenvalue weighted by molar-refractivity contribution is 6.06. The molecule has 1 aliphatic heterocycles. The average molecular weight is 320 g/mol. The molecule has 6 heteroatoms. The summed E-state index contributed by atoms with van der Waals surface area (Å²) in [5.41, 5.74) is 3.71. The maximum atomic E-state index is 12.6. The van der Waals surface area contributed by atoms with E-state index in [-0.39, 0.29) is 11.8 Å². The van der Waals surface area contributed by atoms with Crippen LogP contribution < -0.4 is 10.6 Å². The van der Waals surface area contributed by atoms with Gasteiger partial charge in [0.2, 0.25) is 5.91 Å². The van der Waals surface area contributed by atoms with Crippen LogP contribution in [0, 0.1) is 11.3 Å². The Kier molecular flexibility index (Phi) is 4.25. The standard InChI is InChI=1S/C18H16N4O2/c1-2-11-10-20-6-5-14(11)18(24)22-16-7-12-3-4-17(23)21-15(12)8-13(16)9-19/h5-8,10H,2-4H2,1H3,(H,21,23)(H,22,24). The largest absolute Gasteiger partial charge is 0.326 e. The molecule has 0 radical (unpaired) electrons. The lowest BCUT2D eigenvalue weighted by Crippen LogP contribution is -2.20. The Morgan fingerprint density at radius 3 is 3.00 bits per heavy atom. The van der Waals surface area contributed by atoms with Gasteiger partial charge in [-0.1, -0.05) is 6.92 Å². The fourth-order valence-corrected chi connectivity index (χ4v) is 2.74. The topological polar surface area (TPSA) is 94.9 Å². The monoisotopic (exact) mass is 320 g/mol. The molecular formula is C18H16N4O2. The smallest absolute Gasteiger partial charge is 0.256 e. The van der Waals surface area contributed by atoms with Gasteiger partial charge in [-0.15, -0.1) is 0 Å². The van der Waals surface area contributed by atoms with E-state index in [1.807, 2.05) is 6.92 Å². The molecule has 0 spiro atoms. The van der Waals surface area contributed by atoms with E-state index < -0.39 is 0 Å². The zero-order valence-corrected chi connectivity index (χ0v) is 13.2. The fourth-order valence-electron chi connectivity index (χ4n) is 2.74. The second kappa shape index (κ2) is 6.50. The number of benzene rings is 1. The molecule has 120 valence electrons. The van der Waals surface area contributed by atoms with Crippen LogP contribution in [-0.2, 0) is 17.6 Å². The Morgan fingerprint density at radius 1 is 1.42 bits per heavy atom. The van der Waals surface area contributed by atoms with E-state index >= 15 is 0 Å². The number of anilines is 2. The lowest BCUT2D eigenvalue weighted by atomic mass is 9.99. The van der Waals surface area contributed by atoms with E-state index in [4.69, 9.17) is 0 Å². The van der Waals surface area contributed by atoms with E-state index in [9.17, 15) is 14.9 Å². The maximum Gasteiger partial charge on any atom is 0.256 e. The molecule has 0 unspecified atom stereocenters. The number of rotatable bonds is 3. The first-order valence-corrected chi connectivity index (χ1v) is 7.73. The van der Waals surface area contributed by atoms with Crippen molar-refractivity contribution in [1.82, 2.24) is 4.98 Å². The van der Waals surface area contributed by atoms with E-state index in [1.165, 1.54) is 0 Å². The highest BCUT2D eigenvalue weighted by Gasteiger charge is 2.19. The van der Waals surface area contributed by atoms with Crippen molar-refractivity contribution < 1.29 is 9.59 Å². The Morgan fingerprint density at radius 2 is 2.25 bits per heavy atom. The van der Waals surface area contributed by atoms with Gasteiger partial charge in [-0.25, -0.2) is 0 Å². The molecule has 1 aromatic heterocycles. The van der Waals surface area contributed by atoms with Crippen molar-refractivity contribution in [3.8, 4) is 6.07 Å². The van der Waals surface area contributed by atoms with Gasteiger partial charge in [0.1, 0.15) is 6.07 Å². The molecule has 0 bridgehead atoms. The third kappa shape index (κ3) is 2.97. The van der Waals surface area contributed by atoms with Gasteiger partial charge in [-0.2, -0.15) is 5.26 Å². The first-order valence-electron chi connectivity index (χ1n) is 7.73. The Labute approximate surface area is 139 Å². The van der Waals surface area contributed by atoms with Crippen LogP contribution in [0.15, 0.2) is 30.6 Å². The lowest BCUT2D eigenvalue weighted by Gasteiger charge is -2.19. The Hall–Kier alpha value is -3.20. The summed E-state index contributed by atoms with van der Waals surface area (Å²) in [5, 5.41) is 14.9. The number of carbonyl (C=O) groups is 2. The molecule has 0 fully saturated rings. The molecule has 3 rings (SSSR count). The molecule has 6 nitrogen and oxygen atoms in total. The van der Waals surface area contributed by atoms with Gasteiger partial charge < -0.3 is 10.6 Å². The van der Waals surface area contributed by atoms with Crippen LogP contribution in [0.4, 0.5) is 11.4 Å².